The van der Waals surface area contributed by atoms with Gasteiger partial charge in [0.25, 0.3) is 0 Å². The Hall–Kier alpha value is -1.59. The summed E-state index contributed by atoms with van der Waals surface area (Å²) in [5, 5.41) is 5.78. The lowest BCUT2D eigenvalue weighted by molar-refractivity contribution is -0.120. The van der Waals surface area contributed by atoms with E-state index in [1.165, 1.54) is 6.42 Å². The fourth-order valence-corrected chi connectivity index (χ4v) is 2.90. The first-order chi connectivity index (χ1) is 10.6. The third kappa shape index (κ3) is 4.45. The molecule has 0 heterocycles. The standard InChI is InChI=1S/C17H23N3O2.ClH/c18-17(9-10-17)16(22)20-14-8-4-7-13(11-14)19-15(21)12-5-2-1-3-6-12;/h4,7-8,11-12H,1-3,5-6,9-10,18H2,(H,19,21)(H,20,22);1H. The van der Waals surface area contributed by atoms with Gasteiger partial charge < -0.3 is 16.4 Å². The number of halogens is 1. The summed E-state index contributed by atoms with van der Waals surface area (Å²) in [6.45, 7) is 0. The van der Waals surface area contributed by atoms with Gasteiger partial charge in [-0.25, -0.2) is 0 Å². The quantitative estimate of drug-likeness (QED) is 0.789. The molecule has 2 fully saturated rings. The number of hydrogen-bond acceptors (Lipinski definition) is 3. The Bertz CT molecular complexity index is 581. The van der Waals surface area contributed by atoms with Gasteiger partial charge in [-0.15, -0.1) is 12.4 Å². The molecule has 2 aliphatic carbocycles. The average molecular weight is 338 g/mol. The van der Waals surface area contributed by atoms with Crippen molar-refractivity contribution in [1.82, 2.24) is 0 Å². The van der Waals surface area contributed by atoms with E-state index in [4.69, 9.17) is 5.73 Å². The van der Waals surface area contributed by atoms with Crippen LogP contribution in [0.1, 0.15) is 44.9 Å². The number of carbonyl (C=O) groups excluding carboxylic acids is 2. The largest absolute Gasteiger partial charge is 0.326 e. The van der Waals surface area contributed by atoms with Crippen LogP contribution < -0.4 is 16.4 Å². The van der Waals surface area contributed by atoms with Gasteiger partial charge in [0.2, 0.25) is 11.8 Å². The normalized spacial score (nSPS) is 19.3. The molecule has 0 radical (unpaired) electrons. The minimum atomic E-state index is -0.693. The molecule has 0 bridgehead atoms. The second-order valence-electron chi connectivity index (χ2n) is 6.52. The van der Waals surface area contributed by atoms with Crippen molar-refractivity contribution in [2.24, 2.45) is 11.7 Å². The van der Waals surface area contributed by atoms with Crippen LogP contribution in [0.2, 0.25) is 0 Å². The maximum absolute atomic E-state index is 12.3. The third-order valence-electron chi connectivity index (χ3n) is 4.60. The van der Waals surface area contributed by atoms with Crippen molar-refractivity contribution in [3.63, 3.8) is 0 Å². The highest BCUT2D eigenvalue weighted by atomic mass is 35.5. The summed E-state index contributed by atoms with van der Waals surface area (Å²) in [7, 11) is 0. The lowest BCUT2D eigenvalue weighted by Crippen LogP contribution is -2.37. The molecular weight excluding hydrogens is 314 g/mol. The SMILES string of the molecule is Cl.NC1(C(=O)Nc2cccc(NC(=O)C3CCCCC3)c2)CC1. The first-order valence-corrected chi connectivity index (χ1v) is 8.08. The van der Waals surface area contributed by atoms with Gasteiger partial charge in [-0.1, -0.05) is 25.3 Å². The van der Waals surface area contributed by atoms with Crippen molar-refractivity contribution in [1.29, 1.82) is 0 Å². The number of hydrogen-bond donors (Lipinski definition) is 3. The minimum absolute atomic E-state index is 0. The Morgan fingerprint density at radius 1 is 1.04 bits per heavy atom. The zero-order chi connectivity index (χ0) is 15.6. The Labute approximate surface area is 142 Å². The number of amides is 2. The van der Waals surface area contributed by atoms with Gasteiger partial charge in [0.05, 0.1) is 5.54 Å². The Balaban J connectivity index is 0.00000192. The second-order valence-corrected chi connectivity index (χ2v) is 6.52. The molecule has 1 aromatic carbocycles. The molecule has 6 heteroatoms. The molecule has 5 nitrogen and oxygen atoms in total. The molecule has 0 saturated heterocycles. The van der Waals surface area contributed by atoms with Crippen LogP contribution in [0, 0.1) is 5.92 Å². The Morgan fingerprint density at radius 2 is 1.65 bits per heavy atom. The molecule has 3 rings (SSSR count). The van der Waals surface area contributed by atoms with Crippen LogP contribution in [-0.2, 0) is 9.59 Å². The van der Waals surface area contributed by atoms with E-state index in [1.807, 2.05) is 12.1 Å². The molecule has 1 aromatic rings. The summed E-state index contributed by atoms with van der Waals surface area (Å²) in [5.74, 6) is 0.0506. The van der Waals surface area contributed by atoms with E-state index in [9.17, 15) is 9.59 Å². The maximum Gasteiger partial charge on any atom is 0.244 e. The molecular formula is C17H24ClN3O2. The van der Waals surface area contributed by atoms with Crippen LogP contribution in [0.4, 0.5) is 11.4 Å². The molecule has 0 spiro atoms. The highest BCUT2D eigenvalue weighted by molar-refractivity contribution is 6.00. The molecule has 126 valence electrons. The summed E-state index contributed by atoms with van der Waals surface area (Å²) in [6.07, 6.45) is 6.90. The van der Waals surface area contributed by atoms with Crippen molar-refractivity contribution in [3.05, 3.63) is 24.3 Å². The van der Waals surface area contributed by atoms with Gasteiger partial charge in [-0.3, -0.25) is 9.59 Å². The smallest absolute Gasteiger partial charge is 0.244 e. The number of rotatable bonds is 4. The van der Waals surface area contributed by atoms with E-state index < -0.39 is 5.54 Å². The topological polar surface area (TPSA) is 84.2 Å². The van der Waals surface area contributed by atoms with Crippen molar-refractivity contribution in [2.45, 2.75) is 50.5 Å². The molecule has 2 amide bonds. The van der Waals surface area contributed by atoms with Gasteiger partial charge in [0.15, 0.2) is 0 Å². The van der Waals surface area contributed by atoms with E-state index in [-0.39, 0.29) is 30.1 Å². The van der Waals surface area contributed by atoms with Gasteiger partial charge in [0.1, 0.15) is 0 Å². The van der Waals surface area contributed by atoms with Crippen molar-refractivity contribution in [3.8, 4) is 0 Å². The van der Waals surface area contributed by atoms with Gasteiger partial charge in [-0.05, 0) is 43.9 Å². The van der Waals surface area contributed by atoms with Crippen molar-refractivity contribution < 1.29 is 9.59 Å². The first-order valence-electron chi connectivity index (χ1n) is 8.08. The third-order valence-corrected chi connectivity index (χ3v) is 4.60. The zero-order valence-electron chi connectivity index (χ0n) is 13.1. The van der Waals surface area contributed by atoms with Crippen LogP contribution in [0.5, 0.6) is 0 Å². The molecule has 2 saturated carbocycles. The fourth-order valence-electron chi connectivity index (χ4n) is 2.90. The number of nitrogens with two attached hydrogens (primary N) is 1. The Kier molecular flexibility index (Phi) is 5.65. The molecule has 0 aromatic heterocycles. The lowest BCUT2D eigenvalue weighted by Gasteiger charge is -2.21. The van der Waals surface area contributed by atoms with Gasteiger partial charge in [0, 0.05) is 17.3 Å². The molecule has 4 N–H and O–H groups in total. The summed E-state index contributed by atoms with van der Waals surface area (Å²) < 4.78 is 0. The van der Waals surface area contributed by atoms with E-state index in [2.05, 4.69) is 10.6 Å². The van der Waals surface area contributed by atoms with Crippen LogP contribution >= 0.6 is 12.4 Å². The number of benzene rings is 1. The second kappa shape index (κ2) is 7.32. The van der Waals surface area contributed by atoms with Gasteiger partial charge in [-0.2, -0.15) is 0 Å². The highest BCUT2D eigenvalue weighted by Gasteiger charge is 2.45. The van der Waals surface area contributed by atoms with E-state index >= 15 is 0 Å². The predicted octanol–water partition coefficient (Wildman–Crippen LogP) is 3.06. The molecule has 0 aliphatic heterocycles. The fraction of sp³-hybridized carbons (Fsp3) is 0.529. The minimum Gasteiger partial charge on any atom is -0.326 e. The van der Waals surface area contributed by atoms with E-state index in [1.54, 1.807) is 12.1 Å². The monoisotopic (exact) mass is 337 g/mol. The van der Waals surface area contributed by atoms with Gasteiger partial charge >= 0.3 is 0 Å². The summed E-state index contributed by atoms with van der Waals surface area (Å²) in [5.41, 5.74) is 6.57. The average Bonchev–Trinajstić information content (AvgIpc) is 3.28. The van der Waals surface area contributed by atoms with Crippen molar-refractivity contribution in [2.75, 3.05) is 10.6 Å². The molecule has 0 atom stereocenters. The lowest BCUT2D eigenvalue weighted by atomic mass is 9.88. The molecule has 23 heavy (non-hydrogen) atoms. The van der Waals surface area contributed by atoms with E-state index in [0.29, 0.717) is 5.69 Å². The maximum atomic E-state index is 12.3. The summed E-state index contributed by atoms with van der Waals surface area (Å²) in [4.78, 5) is 24.2. The Morgan fingerprint density at radius 3 is 2.26 bits per heavy atom. The number of anilines is 2. The van der Waals surface area contributed by atoms with Crippen LogP contribution in [-0.4, -0.2) is 17.4 Å². The summed E-state index contributed by atoms with van der Waals surface area (Å²) >= 11 is 0. The van der Waals surface area contributed by atoms with Crippen molar-refractivity contribution >= 4 is 35.6 Å². The van der Waals surface area contributed by atoms with Crippen LogP contribution in [0.3, 0.4) is 0 Å². The molecule has 2 aliphatic rings. The highest BCUT2D eigenvalue weighted by Crippen LogP contribution is 2.33. The van der Waals surface area contributed by atoms with Crippen LogP contribution in [0.15, 0.2) is 24.3 Å². The molecule has 0 unspecified atom stereocenters. The number of nitrogens with one attached hydrogen (secondary N) is 2. The van der Waals surface area contributed by atoms with Crippen LogP contribution in [0.25, 0.3) is 0 Å². The zero-order valence-corrected chi connectivity index (χ0v) is 14.0. The number of carbonyl (C=O) groups is 2. The summed E-state index contributed by atoms with van der Waals surface area (Å²) in [6, 6.07) is 7.25. The van der Waals surface area contributed by atoms with E-state index in [0.717, 1.165) is 44.2 Å². The predicted molar refractivity (Wildman–Crippen MR) is 93.7 cm³/mol. The first kappa shape index (κ1) is 17.8.